The van der Waals surface area contributed by atoms with Gasteiger partial charge in [-0.3, -0.25) is 14.6 Å². The highest BCUT2D eigenvalue weighted by atomic mass is 19.1. The summed E-state index contributed by atoms with van der Waals surface area (Å²) in [4.78, 5) is 47.2. The number of benzene rings is 1. The van der Waals surface area contributed by atoms with Gasteiger partial charge in [-0.1, -0.05) is 0 Å². The summed E-state index contributed by atoms with van der Waals surface area (Å²) in [6.07, 6.45) is 2.56. The van der Waals surface area contributed by atoms with Gasteiger partial charge in [0, 0.05) is 31.7 Å². The maximum absolute atomic E-state index is 15.1. The van der Waals surface area contributed by atoms with Crippen molar-refractivity contribution in [1.29, 1.82) is 0 Å². The lowest BCUT2D eigenvalue weighted by Crippen LogP contribution is -2.56. The molecule has 1 unspecified atom stereocenters. The molecule has 2 amide bonds. The van der Waals surface area contributed by atoms with E-state index in [9.17, 15) is 14.4 Å². The number of rotatable bonds is 6. The van der Waals surface area contributed by atoms with Gasteiger partial charge in [-0.25, -0.2) is 19.0 Å². The van der Waals surface area contributed by atoms with Crippen LogP contribution in [-0.4, -0.2) is 71.3 Å². The molecule has 11 heteroatoms. The number of carbonyl (C=O) groups is 3. The molecule has 2 aliphatic rings. The van der Waals surface area contributed by atoms with Gasteiger partial charge in [0.1, 0.15) is 22.7 Å². The first kappa shape index (κ1) is 28.3. The van der Waals surface area contributed by atoms with Crippen molar-refractivity contribution in [2.45, 2.75) is 64.6 Å². The number of nitrogens with one attached hydrogen (secondary N) is 1. The third kappa shape index (κ3) is 5.40. The zero-order valence-corrected chi connectivity index (χ0v) is 23.2. The first-order chi connectivity index (χ1) is 18.3. The summed E-state index contributed by atoms with van der Waals surface area (Å²) in [6, 6.07) is 5.80. The molecule has 1 saturated heterocycles. The summed E-state index contributed by atoms with van der Waals surface area (Å²) in [5, 5.41) is 12.1. The summed E-state index contributed by atoms with van der Waals surface area (Å²) in [6.45, 7) is 10.2. The van der Waals surface area contributed by atoms with Gasteiger partial charge >= 0.3 is 12.1 Å². The molecule has 210 valence electrons. The average Bonchev–Trinajstić information content (AvgIpc) is 3.13. The monoisotopic (exact) mass is 541 g/mol. The van der Waals surface area contributed by atoms with Crippen molar-refractivity contribution in [1.82, 2.24) is 9.88 Å². The lowest BCUT2D eigenvalue weighted by Gasteiger charge is -2.45. The van der Waals surface area contributed by atoms with Gasteiger partial charge in [0.05, 0.1) is 23.3 Å². The minimum absolute atomic E-state index is 0.00633. The van der Waals surface area contributed by atoms with E-state index in [4.69, 9.17) is 9.84 Å². The van der Waals surface area contributed by atoms with E-state index in [0.717, 1.165) is 18.5 Å². The summed E-state index contributed by atoms with van der Waals surface area (Å²) in [5.41, 5.74) is -0.0383. The van der Waals surface area contributed by atoms with Gasteiger partial charge in [-0.15, -0.1) is 0 Å². The van der Waals surface area contributed by atoms with E-state index in [2.05, 4.69) is 10.3 Å². The van der Waals surface area contributed by atoms with E-state index in [0.29, 0.717) is 24.3 Å². The second kappa shape index (κ2) is 10.4. The first-order valence-electron chi connectivity index (χ1n) is 13.1. The molecule has 0 aliphatic carbocycles. The van der Waals surface area contributed by atoms with E-state index in [1.807, 2.05) is 16.8 Å². The quantitative estimate of drug-likeness (QED) is 0.551. The number of hydrogen-bond donors (Lipinski definition) is 2. The highest BCUT2D eigenvalue weighted by Gasteiger charge is 2.50. The smallest absolute Gasteiger partial charge is 0.414 e. The number of hydrogen-bond acceptors (Lipinski definition) is 7. The Morgan fingerprint density at radius 2 is 2.03 bits per heavy atom. The van der Waals surface area contributed by atoms with Crippen LogP contribution in [0.3, 0.4) is 0 Å². The Morgan fingerprint density at radius 1 is 1.31 bits per heavy atom. The standard InChI is InChI=1S/C28H36FN5O5/c1-7-34(26(38)39-27(2,3)4)22-14-17(29)13-20-23(22)31-25(37)28(20,5)33-12-8-9-19(16-33)32(6)18-10-11-21(24(35)36)30-15-18/h10-11,13-15,19H,7-9,12,16H2,1-6H3,(H,31,37)(H,35,36)/t19-,28?/m1/s1. The van der Waals surface area contributed by atoms with Gasteiger partial charge in [0.2, 0.25) is 5.91 Å². The third-order valence-corrected chi connectivity index (χ3v) is 7.46. The fourth-order valence-corrected chi connectivity index (χ4v) is 5.32. The molecule has 0 saturated carbocycles. The lowest BCUT2D eigenvalue weighted by atomic mass is 9.88. The first-order valence-corrected chi connectivity index (χ1v) is 13.1. The number of ether oxygens (including phenoxy) is 1. The number of carbonyl (C=O) groups excluding carboxylic acids is 2. The molecule has 2 aliphatic heterocycles. The van der Waals surface area contributed by atoms with Crippen molar-refractivity contribution in [3.63, 3.8) is 0 Å². The zero-order chi connectivity index (χ0) is 28.7. The van der Waals surface area contributed by atoms with Crippen LogP contribution in [0.25, 0.3) is 0 Å². The zero-order valence-electron chi connectivity index (χ0n) is 23.2. The van der Waals surface area contributed by atoms with Crippen LogP contribution in [0.5, 0.6) is 0 Å². The number of likely N-dealkylation sites (tertiary alicyclic amines) is 1. The van der Waals surface area contributed by atoms with Crippen molar-refractivity contribution in [2.75, 3.05) is 41.8 Å². The number of amides is 2. The Kier molecular flexibility index (Phi) is 7.57. The van der Waals surface area contributed by atoms with Crippen LogP contribution < -0.4 is 15.1 Å². The Morgan fingerprint density at radius 3 is 2.62 bits per heavy atom. The Labute approximate surface area is 227 Å². The van der Waals surface area contributed by atoms with Crippen molar-refractivity contribution in [3.05, 3.63) is 47.5 Å². The highest BCUT2D eigenvalue weighted by Crippen LogP contribution is 2.47. The van der Waals surface area contributed by atoms with Crippen molar-refractivity contribution in [2.24, 2.45) is 0 Å². The van der Waals surface area contributed by atoms with Gasteiger partial charge in [-0.2, -0.15) is 0 Å². The Hall–Kier alpha value is -3.73. The number of aromatic nitrogens is 1. The number of carboxylic acid groups (broad SMARTS) is 1. The minimum atomic E-state index is -1.16. The van der Waals surface area contributed by atoms with E-state index in [-0.39, 0.29) is 29.9 Å². The van der Waals surface area contributed by atoms with Crippen molar-refractivity contribution >= 4 is 35.0 Å². The molecule has 0 radical (unpaired) electrons. The maximum Gasteiger partial charge on any atom is 0.414 e. The van der Waals surface area contributed by atoms with Crippen LogP contribution in [-0.2, 0) is 15.1 Å². The SMILES string of the molecule is CCN(C(=O)OC(C)(C)C)c1cc(F)cc2c1NC(=O)C2(C)N1CCC[C@@H](N(C)c2ccc(C(=O)O)nc2)C1. The number of aromatic carboxylic acids is 1. The van der Waals surface area contributed by atoms with Crippen LogP contribution in [0.15, 0.2) is 30.5 Å². The molecule has 10 nitrogen and oxygen atoms in total. The molecule has 2 aromatic rings. The molecule has 0 bridgehead atoms. The molecule has 2 N–H and O–H groups in total. The maximum atomic E-state index is 15.1. The number of nitrogens with zero attached hydrogens (tertiary/aromatic N) is 4. The molecule has 0 spiro atoms. The molecule has 4 rings (SSSR count). The van der Waals surface area contributed by atoms with Crippen LogP contribution in [0.4, 0.5) is 26.2 Å². The van der Waals surface area contributed by atoms with E-state index in [1.165, 1.54) is 29.3 Å². The molecule has 1 aromatic heterocycles. The number of anilines is 3. The summed E-state index contributed by atoms with van der Waals surface area (Å²) in [5.74, 6) is -1.93. The van der Waals surface area contributed by atoms with E-state index in [1.54, 1.807) is 40.7 Å². The summed E-state index contributed by atoms with van der Waals surface area (Å²) in [7, 11) is 1.91. The van der Waals surface area contributed by atoms with E-state index < -0.39 is 29.0 Å². The van der Waals surface area contributed by atoms with Crippen LogP contribution >= 0.6 is 0 Å². The molecular weight excluding hydrogens is 505 g/mol. The topological polar surface area (TPSA) is 115 Å². The molecule has 3 heterocycles. The second-order valence-corrected chi connectivity index (χ2v) is 11.2. The lowest BCUT2D eigenvalue weighted by molar-refractivity contribution is -0.127. The minimum Gasteiger partial charge on any atom is -0.477 e. The van der Waals surface area contributed by atoms with Crippen LogP contribution in [0, 0.1) is 5.82 Å². The molecule has 2 atom stereocenters. The van der Waals surface area contributed by atoms with Gasteiger partial charge in [-0.05, 0) is 78.3 Å². The number of likely N-dealkylation sites (N-methyl/N-ethyl adjacent to an activating group) is 1. The highest BCUT2D eigenvalue weighted by molar-refractivity contribution is 6.10. The predicted octanol–water partition coefficient (Wildman–Crippen LogP) is 4.45. The van der Waals surface area contributed by atoms with Gasteiger partial charge in [0.15, 0.2) is 0 Å². The third-order valence-electron chi connectivity index (χ3n) is 7.46. The summed E-state index contributed by atoms with van der Waals surface area (Å²) >= 11 is 0. The molecule has 1 fully saturated rings. The van der Waals surface area contributed by atoms with Crippen molar-refractivity contribution < 1.29 is 28.6 Å². The van der Waals surface area contributed by atoms with Crippen molar-refractivity contribution in [3.8, 4) is 0 Å². The molecule has 39 heavy (non-hydrogen) atoms. The Bertz CT molecular complexity index is 1280. The Balaban J connectivity index is 1.65. The van der Waals surface area contributed by atoms with Crippen LogP contribution in [0.2, 0.25) is 0 Å². The number of halogens is 1. The van der Waals surface area contributed by atoms with Gasteiger partial charge in [0.25, 0.3) is 0 Å². The largest absolute Gasteiger partial charge is 0.477 e. The van der Waals surface area contributed by atoms with Crippen LogP contribution in [0.1, 0.15) is 63.5 Å². The number of piperidine rings is 1. The fourth-order valence-electron chi connectivity index (χ4n) is 5.32. The average molecular weight is 542 g/mol. The predicted molar refractivity (Wildman–Crippen MR) is 146 cm³/mol. The fraction of sp³-hybridized carbons (Fsp3) is 0.500. The number of carboxylic acids is 1. The molecular formula is C28H36FN5O5. The number of fused-ring (bicyclic) bond motifs is 1. The normalized spacial score (nSPS) is 21.2. The van der Waals surface area contributed by atoms with E-state index >= 15 is 4.39 Å². The molecule has 1 aromatic carbocycles. The second-order valence-electron chi connectivity index (χ2n) is 11.2. The van der Waals surface area contributed by atoms with Gasteiger partial charge < -0.3 is 20.1 Å². The summed E-state index contributed by atoms with van der Waals surface area (Å²) < 4.78 is 20.6. The number of pyridine rings is 1.